The Morgan fingerprint density at radius 1 is 1.16 bits per heavy atom. The molecule has 0 fully saturated rings. The minimum absolute atomic E-state index is 0.0165. The highest BCUT2D eigenvalue weighted by Crippen LogP contribution is 2.19. The minimum atomic E-state index is -3.26. The van der Waals surface area contributed by atoms with Crippen LogP contribution in [0.4, 0.5) is 5.69 Å². The van der Waals surface area contributed by atoms with Gasteiger partial charge in [-0.15, -0.1) is 0 Å². The predicted molar refractivity (Wildman–Crippen MR) is 73.2 cm³/mol. The molecule has 5 nitrogen and oxygen atoms in total. The molecule has 6 heteroatoms. The molecule has 102 valence electrons. The fourth-order valence-electron chi connectivity index (χ4n) is 1.85. The van der Waals surface area contributed by atoms with E-state index in [0.29, 0.717) is 22.7 Å². The van der Waals surface area contributed by atoms with Gasteiger partial charge in [-0.25, -0.2) is 8.42 Å². The number of benzene rings is 1. The van der Waals surface area contributed by atoms with Gasteiger partial charge in [-0.05, 0) is 31.5 Å². The maximum atomic E-state index is 12.2. The van der Waals surface area contributed by atoms with E-state index < -0.39 is 9.84 Å². The van der Waals surface area contributed by atoms with Crippen molar-refractivity contribution in [2.45, 2.75) is 25.4 Å². The van der Waals surface area contributed by atoms with Gasteiger partial charge in [-0.1, -0.05) is 17.3 Å². The maximum Gasteiger partial charge on any atom is 0.158 e. The predicted octanol–water partition coefficient (Wildman–Crippen LogP) is 1.99. The molecule has 1 aromatic heterocycles. The molecule has 0 spiro atoms. The zero-order chi connectivity index (χ0) is 14.0. The first-order chi connectivity index (χ1) is 8.87. The number of hydrogen-bond acceptors (Lipinski definition) is 5. The average Bonchev–Trinajstić information content (AvgIpc) is 2.63. The maximum absolute atomic E-state index is 12.2. The lowest BCUT2D eigenvalue weighted by atomic mass is 10.2. The number of rotatable bonds is 4. The zero-order valence-electron chi connectivity index (χ0n) is 10.9. The first-order valence-corrected chi connectivity index (χ1v) is 7.66. The summed E-state index contributed by atoms with van der Waals surface area (Å²) in [5.74, 6) is 0.481. The van der Waals surface area contributed by atoms with Crippen molar-refractivity contribution in [3.8, 4) is 0 Å². The van der Waals surface area contributed by atoms with Gasteiger partial charge in [0.25, 0.3) is 0 Å². The Morgan fingerprint density at radius 3 is 2.32 bits per heavy atom. The van der Waals surface area contributed by atoms with Crippen molar-refractivity contribution in [2.24, 2.45) is 0 Å². The van der Waals surface area contributed by atoms with E-state index in [0.717, 1.165) is 5.56 Å². The smallest absolute Gasteiger partial charge is 0.158 e. The molecular weight excluding hydrogens is 264 g/mol. The number of anilines is 1. The lowest BCUT2D eigenvalue weighted by molar-refractivity contribution is 0.392. The van der Waals surface area contributed by atoms with E-state index in [1.54, 1.807) is 38.1 Å². The van der Waals surface area contributed by atoms with E-state index in [1.165, 1.54) is 0 Å². The van der Waals surface area contributed by atoms with Crippen LogP contribution in [-0.2, 0) is 21.3 Å². The number of sulfone groups is 1. The number of nitrogens with zero attached hydrogens (tertiary/aromatic N) is 1. The third-order valence-electron chi connectivity index (χ3n) is 2.91. The lowest BCUT2D eigenvalue weighted by Gasteiger charge is -2.05. The summed E-state index contributed by atoms with van der Waals surface area (Å²) in [5.41, 5.74) is 8.18. The van der Waals surface area contributed by atoms with Crippen molar-refractivity contribution in [1.29, 1.82) is 0 Å². The number of aromatic nitrogens is 1. The summed E-state index contributed by atoms with van der Waals surface area (Å²) in [7, 11) is -3.26. The molecule has 2 N–H and O–H groups in total. The molecule has 2 rings (SSSR count). The van der Waals surface area contributed by atoms with Crippen molar-refractivity contribution in [2.75, 3.05) is 5.73 Å². The Bertz CT molecular complexity index is 653. The summed E-state index contributed by atoms with van der Waals surface area (Å²) in [5, 5.41) is 3.76. The van der Waals surface area contributed by atoms with Gasteiger partial charge in [-0.2, -0.15) is 0 Å². The van der Waals surface area contributed by atoms with Gasteiger partial charge in [0.15, 0.2) is 9.84 Å². The van der Waals surface area contributed by atoms with E-state index in [1.807, 2.05) is 0 Å². The highest BCUT2D eigenvalue weighted by molar-refractivity contribution is 7.89. The molecule has 0 aliphatic carbocycles. The van der Waals surface area contributed by atoms with E-state index in [-0.39, 0.29) is 11.5 Å². The Labute approximate surface area is 112 Å². The topological polar surface area (TPSA) is 86.2 Å². The summed E-state index contributed by atoms with van der Waals surface area (Å²) in [6, 6.07) is 6.84. The van der Waals surface area contributed by atoms with Gasteiger partial charge < -0.3 is 10.3 Å². The van der Waals surface area contributed by atoms with E-state index in [9.17, 15) is 8.42 Å². The van der Waals surface area contributed by atoms with Crippen molar-refractivity contribution in [1.82, 2.24) is 5.16 Å². The summed E-state index contributed by atoms with van der Waals surface area (Å²) >= 11 is 0. The van der Waals surface area contributed by atoms with Crippen LogP contribution >= 0.6 is 0 Å². The molecule has 0 aliphatic heterocycles. The van der Waals surface area contributed by atoms with Crippen LogP contribution in [0.15, 0.2) is 28.8 Å². The first kappa shape index (κ1) is 13.6. The van der Waals surface area contributed by atoms with Crippen molar-refractivity contribution >= 4 is 15.5 Å². The second kappa shape index (κ2) is 5.05. The Hall–Kier alpha value is -1.82. The molecule has 0 radical (unpaired) electrons. The Kier molecular flexibility index (Phi) is 3.61. The normalized spacial score (nSPS) is 11.7. The largest absolute Gasteiger partial charge is 0.399 e. The van der Waals surface area contributed by atoms with Crippen LogP contribution in [0.5, 0.6) is 0 Å². The number of nitrogens with two attached hydrogens (primary N) is 1. The SMILES string of the molecule is Cc1noc(C)c1CS(=O)(=O)Cc1ccc(N)cc1. The van der Waals surface area contributed by atoms with Gasteiger partial charge in [0, 0.05) is 11.3 Å². The Balaban J connectivity index is 2.17. The van der Waals surface area contributed by atoms with Gasteiger partial charge in [0.1, 0.15) is 5.76 Å². The molecule has 0 saturated heterocycles. The number of nitrogen functional groups attached to an aromatic ring is 1. The van der Waals surface area contributed by atoms with Crippen LogP contribution in [0.25, 0.3) is 0 Å². The van der Waals surface area contributed by atoms with Crippen molar-refractivity contribution < 1.29 is 12.9 Å². The standard InChI is InChI=1S/C13H16N2O3S/c1-9-13(10(2)18-15-9)8-19(16,17)7-11-3-5-12(14)6-4-11/h3-6H,7-8,14H2,1-2H3. The van der Waals surface area contributed by atoms with Crippen LogP contribution in [-0.4, -0.2) is 13.6 Å². The summed E-state index contributed by atoms with van der Waals surface area (Å²) in [6.07, 6.45) is 0. The molecular formula is C13H16N2O3S. The highest BCUT2D eigenvalue weighted by atomic mass is 32.2. The van der Waals surface area contributed by atoms with Crippen LogP contribution in [0, 0.1) is 13.8 Å². The molecule has 0 bridgehead atoms. The van der Waals surface area contributed by atoms with E-state index >= 15 is 0 Å². The molecule has 19 heavy (non-hydrogen) atoms. The van der Waals surface area contributed by atoms with Gasteiger partial charge in [0.2, 0.25) is 0 Å². The molecule has 0 unspecified atom stereocenters. The lowest BCUT2D eigenvalue weighted by Crippen LogP contribution is -2.08. The fraction of sp³-hybridized carbons (Fsp3) is 0.308. The first-order valence-electron chi connectivity index (χ1n) is 5.84. The zero-order valence-corrected chi connectivity index (χ0v) is 11.7. The molecule has 0 amide bonds. The molecule has 0 aliphatic rings. The van der Waals surface area contributed by atoms with Gasteiger partial charge in [-0.3, -0.25) is 0 Å². The molecule has 1 heterocycles. The van der Waals surface area contributed by atoms with Crippen molar-refractivity contribution in [3.05, 3.63) is 46.8 Å². The third kappa shape index (κ3) is 3.35. The third-order valence-corrected chi connectivity index (χ3v) is 4.41. The monoisotopic (exact) mass is 280 g/mol. The summed E-state index contributed by atoms with van der Waals surface area (Å²) in [6.45, 7) is 3.46. The van der Waals surface area contributed by atoms with Gasteiger partial charge >= 0.3 is 0 Å². The molecule has 0 atom stereocenters. The van der Waals surface area contributed by atoms with Crippen LogP contribution < -0.4 is 5.73 Å². The van der Waals surface area contributed by atoms with Gasteiger partial charge in [0.05, 0.1) is 17.2 Å². The van der Waals surface area contributed by atoms with Crippen LogP contribution in [0.3, 0.4) is 0 Å². The molecule has 0 saturated carbocycles. The van der Waals surface area contributed by atoms with Crippen molar-refractivity contribution in [3.63, 3.8) is 0 Å². The second-order valence-corrected chi connectivity index (χ2v) is 6.64. The number of hydrogen-bond donors (Lipinski definition) is 1. The minimum Gasteiger partial charge on any atom is -0.399 e. The van der Waals surface area contributed by atoms with Crippen LogP contribution in [0.2, 0.25) is 0 Å². The van der Waals surface area contributed by atoms with Crippen LogP contribution in [0.1, 0.15) is 22.6 Å². The summed E-state index contributed by atoms with van der Waals surface area (Å²) < 4.78 is 29.3. The summed E-state index contributed by atoms with van der Waals surface area (Å²) in [4.78, 5) is 0. The fourth-order valence-corrected chi connectivity index (χ4v) is 3.50. The molecule has 1 aromatic carbocycles. The second-order valence-electron chi connectivity index (χ2n) is 4.58. The Morgan fingerprint density at radius 2 is 1.79 bits per heavy atom. The quantitative estimate of drug-likeness (QED) is 0.865. The van der Waals surface area contributed by atoms with E-state index in [2.05, 4.69) is 5.16 Å². The molecule has 2 aromatic rings. The highest BCUT2D eigenvalue weighted by Gasteiger charge is 2.19. The van der Waals surface area contributed by atoms with E-state index in [4.69, 9.17) is 10.3 Å². The number of aryl methyl sites for hydroxylation is 2. The average molecular weight is 280 g/mol.